The van der Waals surface area contributed by atoms with E-state index in [1.807, 2.05) is 30.3 Å². The first kappa shape index (κ1) is 17.0. The van der Waals surface area contributed by atoms with Gasteiger partial charge in [0.2, 0.25) is 5.76 Å². The van der Waals surface area contributed by atoms with Crippen LogP contribution in [0.25, 0.3) is 22.4 Å². The lowest BCUT2D eigenvalue weighted by Crippen LogP contribution is -2.20. The molecule has 0 atom stereocenters. The number of hydrogen-bond acceptors (Lipinski definition) is 7. The summed E-state index contributed by atoms with van der Waals surface area (Å²) in [6.07, 6.45) is 0. The fourth-order valence-corrected chi connectivity index (χ4v) is 3.17. The number of anilines is 1. The number of ether oxygens (including phenoxy) is 1. The number of amides is 1. The Morgan fingerprint density at radius 2 is 2.04 bits per heavy atom. The van der Waals surface area contributed by atoms with Crippen molar-refractivity contribution < 1.29 is 23.2 Å². The summed E-state index contributed by atoms with van der Waals surface area (Å²) in [7, 11) is 0. The van der Waals surface area contributed by atoms with Gasteiger partial charge in [0.1, 0.15) is 17.0 Å². The van der Waals surface area contributed by atoms with Crippen LogP contribution in [-0.2, 0) is 9.53 Å². The predicted octanol–water partition coefficient (Wildman–Crippen LogP) is 4.25. The number of carbonyl (C=O) groups excluding carboxylic acids is 2. The van der Waals surface area contributed by atoms with Crippen molar-refractivity contribution in [1.82, 2.24) is 4.98 Å². The molecule has 0 aliphatic rings. The van der Waals surface area contributed by atoms with Crippen molar-refractivity contribution in [3.63, 3.8) is 0 Å². The zero-order chi connectivity index (χ0) is 18.8. The molecule has 0 unspecified atom stereocenters. The lowest BCUT2D eigenvalue weighted by Gasteiger charge is -2.02. The molecule has 1 aromatic carbocycles. The lowest BCUT2D eigenvalue weighted by molar-refractivity contribution is -0.119. The molecule has 0 fully saturated rings. The summed E-state index contributed by atoms with van der Waals surface area (Å²) < 4.78 is 15.8. The number of aryl methyl sites for hydroxylation is 1. The number of thiazole rings is 1. The van der Waals surface area contributed by atoms with Crippen molar-refractivity contribution in [2.75, 3.05) is 11.9 Å². The smallest absolute Gasteiger partial charge is 0.374 e. The normalized spacial score (nSPS) is 10.9. The SMILES string of the molecule is Cc1ccc(C(=O)OCC(=O)Nc2nc(-c3cc4ccccc4o3)cs2)o1. The monoisotopic (exact) mass is 382 g/mol. The first-order chi connectivity index (χ1) is 13.1. The Hall–Kier alpha value is -3.39. The molecule has 136 valence electrons. The quantitative estimate of drug-likeness (QED) is 0.519. The molecule has 1 amide bonds. The minimum absolute atomic E-state index is 0.0571. The number of furan rings is 2. The van der Waals surface area contributed by atoms with Crippen LogP contribution in [0.1, 0.15) is 16.3 Å². The Morgan fingerprint density at radius 1 is 1.19 bits per heavy atom. The van der Waals surface area contributed by atoms with Gasteiger partial charge in [-0.3, -0.25) is 10.1 Å². The summed E-state index contributed by atoms with van der Waals surface area (Å²) in [5.74, 6) is 0.0825. The third kappa shape index (κ3) is 3.75. The molecule has 0 saturated carbocycles. The van der Waals surface area contributed by atoms with Gasteiger partial charge in [-0.1, -0.05) is 18.2 Å². The molecule has 3 aromatic heterocycles. The number of rotatable bonds is 5. The highest BCUT2D eigenvalue weighted by Gasteiger charge is 2.15. The highest BCUT2D eigenvalue weighted by molar-refractivity contribution is 7.14. The molecular formula is C19H14N2O5S. The molecule has 3 heterocycles. The third-order valence-corrected chi connectivity index (χ3v) is 4.46. The number of nitrogens with zero attached hydrogens (tertiary/aromatic N) is 1. The van der Waals surface area contributed by atoms with E-state index in [2.05, 4.69) is 10.3 Å². The fraction of sp³-hybridized carbons (Fsp3) is 0.105. The second-order valence-electron chi connectivity index (χ2n) is 5.72. The van der Waals surface area contributed by atoms with Crippen molar-refractivity contribution in [2.45, 2.75) is 6.92 Å². The number of esters is 1. The van der Waals surface area contributed by atoms with E-state index in [-0.39, 0.29) is 5.76 Å². The molecule has 0 aliphatic heterocycles. The summed E-state index contributed by atoms with van der Waals surface area (Å²) in [6.45, 7) is 1.28. The minimum atomic E-state index is -0.694. The van der Waals surface area contributed by atoms with Gasteiger partial charge in [-0.05, 0) is 31.2 Å². The van der Waals surface area contributed by atoms with E-state index in [0.717, 1.165) is 11.0 Å². The molecular weight excluding hydrogens is 368 g/mol. The number of para-hydroxylation sites is 1. The van der Waals surface area contributed by atoms with Crippen LogP contribution in [-0.4, -0.2) is 23.5 Å². The van der Waals surface area contributed by atoms with Crippen molar-refractivity contribution in [3.8, 4) is 11.5 Å². The number of benzene rings is 1. The van der Waals surface area contributed by atoms with Crippen molar-refractivity contribution in [2.24, 2.45) is 0 Å². The first-order valence-electron chi connectivity index (χ1n) is 8.06. The van der Waals surface area contributed by atoms with E-state index < -0.39 is 18.5 Å². The highest BCUT2D eigenvalue weighted by atomic mass is 32.1. The maximum absolute atomic E-state index is 12.0. The van der Waals surface area contributed by atoms with E-state index in [4.69, 9.17) is 13.6 Å². The van der Waals surface area contributed by atoms with Gasteiger partial charge in [0.25, 0.3) is 5.91 Å². The van der Waals surface area contributed by atoms with Crippen LogP contribution in [0.2, 0.25) is 0 Å². The summed E-state index contributed by atoms with van der Waals surface area (Å²) in [6, 6.07) is 12.7. The zero-order valence-corrected chi connectivity index (χ0v) is 15.0. The van der Waals surface area contributed by atoms with Gasteiger partial charge in [0.15, 0.2) is 17.5 Å². The van der Waals surface area contributed by atoms with Crippen LogP contribution in [0.5, 0.6) is 0 Å². The van der Waals surface area contributed by atoms with Crippen molar-refractivity contribution >= 4 is 39.3 Å². The molecule has 1 N–H and O–H groups in total. The Kier molecular flexibility index (Phi) is 4.47. The second kappa shape index (κ2) is 7.08. The Balaban J connectivity index is 1.37. The standard InChI is InChI=1S/C19H14N2O5S/c1-11-6-7-15(25-11)18(23)24-9-17(22)21-19-20-13(10-27-19)16-8-12-4-2-3-5-14(12)26-16/h2-8,10H,9H2,1H3,(H,20,21,22). The van der Waals surface area contributed by atoms with Crippen molar-refractivity contribution in [1.29, 1.82) is 0 Å². The van der Waals surface area contributed by atoms with Gasteiger partial charge >= 0.3 is 5.97 Å². The number of aromatic nitrogens is 1. The number of nitrogens with one attached hydrogen (secondary N) is 1. The number of carbonyl (C=O) groups is 2. The molecule has 0 aliphatic carbocycles. The Bertz CT molecular complexity index is 1090. The average molecular weight is 382 g/mol. The Labute approximate surface area is 157 Å². The second-order valence-corrected chi connectivity index (χ2v) is 6.58. The van der Waals surface area contributed by atoms with Gasteiger partial charge < -0.3 is 13.6 Å². The third-order valence-electron chi connectivity index (χ3n) is 3.70. The molecule has 27 heavy (non-hydrogen) atoms. The summed E-state index contributed by atoms with van der Waals surface area (Å²) >= 11 is 1.25. The maximum atomic E-state index is 12.0. The minimum Gasteiger partial charge on any atom is -0.454 e. The largest absolute Gasteiger partial charge is 0.454 e. The Morgan fingerprint density at radius 3 is 2.81 bits per heavy atom. The van der Waals surface area contributed by atoms with Crippen LogP contribution in [0.15, 0.2) is 56.7 Å². The van der Waals surface area contributed by atoms with E-state index >= 15 is 0 Å². The van der Waals surface area contributed by atoms with E-state index in [9.17, 15) is 9.59 Å². The van der Waals surface area contributed by atoms with Gasteiger partial charge in [-0.15, -0.1) is 11.3 Å². The summed E-state index contributed by atoms with van der Waals surface area (Å²) in [5, 5.41) is 5.75. The molecule has 4 rings (SSSR count). The number of fused-ring (bicyclic) bond motifs is 1. The molecule has 4 aromatic rings. The van der Waals surface area contributed by atoms with E-state index in [1.165, 1.54) is 17.4 Å². The van der Waals surface area contributed by atoms with E-state index in [0.29, 0.717) is 22.3 Å². The lowest BCUT2D eigenvalue weighted by atomic mass is 10.2. The summed E-state index contributed by atoms with van der Waals surface area (Å²) in [4.78, 5) is 28.1. The molecule has 0 bridgehead atoms. The first-order valence-corrected chi connectivity index (χ1v) is 8.94. The van der Waals surface area contributed by atoms with Crippen LogP contribution in [0.4, 0.5) is 5.13 Å². The molecule has 0 radical (unpaired) electrons. The average Bonchev–Trinajstić information content (AvgIpc) is 3.38. The topological polar surface area (TPSA) is 94.6 Å². The van der Waals surface area contributed by atoms with E-state index in [1.54, 1.807) is 18.4 Å². The predicted molar refractivity (Wildman–Crippen MR) is 99.7 cm³/mol. The van der Waals surface area contributed by atoms with Crippen LogP contribution in [0, 0.1) is 6.92 Å². The molecule has 0 saturated heterocycles. The summed E-state index contributed by atoms with van der Waals surface area (Å²) in [5.41, 5.74) is 1.39. The van der Waals surface area contributed by atoms with Crippen LogP contribution >= 0.6 is 11.3 Å². The van der Waals surface area contributed by atoms with Gasteiger partial charge in [-0.2, -0.15) is 0 Å². The zero-order valence-electron chi connectivity index (χ0n) is 14.2. The molecule has 0 spiro atoms. The number of hydrogen-bond donors (Lipinski definition) is 1. The molecule has 8 heteroatoms. The van der Waals surface area contributed by atoms with Gasteiger partial charge in [0, 0.05) is 10.8 Å². The van der Waals surface area contributed by atoms with Crippen LogP contribution in [0.3, 0.4) is 0 Å². The van der Waals surface area contributed by atoms with Gasteiger partial charge in [-0.25, -0.2) is 9.78 Å². The highest BCUT2D eigenvalue weighted by Crippen LogP contribution is 2.30. The maximum Gasteiger partial charge on any atom is 0.374 e. The van der Waals surface area contributed by atoms with Crippen molar-refractivity contribution in [3.05, 3.63) is 59.4 Å². The van der Waals surface area contributed by atoms with Crippen LogP contribution < -0.4 is 5.32 Å². The fourth-order valence-electron chi connectivity index (χ4n) is 2.45. The van der Waals surface area contributed by atoms with Gasteiger partial charge in [0.05, 0.1) is 0 Å². The molecule has 7 nitrogen and oxygen atoms in total.